The van der Waals surface area contributed by atoms with Crippen LogP contribution in [0.15, 0.2) is 33.5 Å². The number of likely N-dealkylation sites (tertiary alicyclic amines) is 1. The van der Waals surface area contributed by atoms with Gasteiger partial charge in [0.1, 0.15) is 12.1 Å². The first-order chi connectivity index (χ1) is 10.7. The van der Waals surface area contributed by atoms with Gasteiger partial charge in [-0.3, -0.25) is 0 Å². The first-order valence-corrected chi connectivity index (χ1v) is 8.16. The molecule has 0 saturated carbocycles. The number of aliphatic hydroxyl groups excluding tert-OH is 1. The number of quaternary nitrogens is 1. The van der Waals surface area contributed by atoms with Crippen molar-refractivity contribution in [3.63, 3.8) is 0 Å². The summed E-state index contributed by atoms with van der Waals surface area (Å²) in [4.78, 5) is 13.3. The Morgan fingerprint density at radius 1 is 1.32 bits per heavy atom. The summed E-state index contributed by atoms with van der Waals surface area (Å²) in [7, 11) is 0. The van der Waals surface area contributed by atoms with E-state index in [9.17, 15) is 9.90 Å². The second-order valence-corrected chi connectivity index (χ2v) is 6.38. The van der Waals surface area contributed by atoms with E-state index < -0.39 is 0 Å². The number of hydrogen-bond donors (Lipinski definition) is 2. The summed E-state index contributed by atoms with van der Waals surface area (Å²) in [5.74, 6) is 0. The Bertz CT molecular complexity index is 705. The van der Waals surface area contributed by atoms with Crippen LogP contribution in [0.3, 0.4) is 0 Å². The highest BCUT2D eigenvalue weighted by Crippen LogP contribution is 2.18. The number of hydrogen-bond acceptors (Lipinski definition) is 3. The maximum atomic E-state index is 11.8. The van der Waals surface area contributed by atoms with E-state index in [1.807, 2.05) is 19.1 Å². The number of aryl methyl sites for hydroxylation is 1. The fourth-order valence-corrected chi connectivity index (χ4v) is 3.62. The van der Waals surface area contributed by atoms with Gasteiger partial charge in [0.25, 0.3) is 0 Å². The molecule has 118 valence electrons. The van der Waals surface area contributed by atoms with Crippen molar-refractivity contribution in [2.75, 3.05) is 13.2 Å². The molecule has 1 aromatic heterocycles. The highest BCUT2D eigenvalue weighted by Gasteiger charge is 2.26. The van der Waals surface area contributed by atoms with E-state index in [0.717, 1.165) is 42.4 Å². The first kappa shape index (κ1) is 15.3. The molecule has 22 heavy (non-hydrogen) atoms. The van der Waals surface area contributed by atoms with Gasteiger partial charge in [0.15, 0.2) is 0 Å². The maximum Gasteiger partial charge on any atom is 0.336 e. The van der Waals surface area contributed by atoms with Gasteiger partial charge in [-0.05, 0) is 37.8 Å². The molecule has 2 atom stereocenters. The van der Waals surface area contributed by atoms with Crippen LogP contribution in [0.1, 0.15) is 36.8 Å². The summed E-state index contributed by atoms with van der Waals surface area (Å²) < 4.78 is 5.34. The van der Waals surface area contributed by atoms with Crippen LogP contribution in [0.2, 0.25) is 0 Å². The average Bonchev–Trinajstić information content (AvgIpc) is 2.49. The fourth-order valence-electron chi connectivity index (χ4n) is 3.62. The summed E-state index contributed by atoms with van der Waals surface area (Å²) in [6.07, 6.45) is 4.46. The molecule has 2 N–H and O–H groups in total. The number of fused-ring (bicyclic) bond motifs is 1. The summed E-state index contributed by atoms with van der Waals surface area (Å²) in [5, 5.41) is 10.3. The normalized spacial score (nSPS) is 22.1. The molecule has 0 bridgehead atoms. The van der Waals surface area contributed by atoms with Gasteiger partial charge >= 0.3 is 5.63 Å². The summed E-state index contributed by atoms with van der Waals surface area (Å²) >= 11 is 0. The van der Waals surface area contributed by atoms with Crippen LogP contribution in [0.5, 0.6) is 0 Å². The van der Waals surface area contributed by atoms with Gasteiger partial charge in [-0.25, -0.2) is 4.79 Å². The highest BCUT2D eigenvalue weighted by atomic mass is 16.4. The van der Waals surface area contributed by atoms with Crippen molar-refractivity contribution in [3.8, 4) is 0 Å². The lowest BCUT2D eigenvalue weighted by atomic mass is 9.98. The van der Waals surface area contributed by atoms with Crippen LogP contribution in [-0.4, -0.2) is 24.3 Å². The minimum Gasteiger partial charge on any atom is -0.423 e. The Hall–Kier alpha value is -1.65. The quantitative estimate of drug-likeness (QED) is 0.840. The summed E-state index contributed by atoms with van der Waals surface area (Å²) in [6.45, 7) is 4.18. The Morgan fingerprint density at radius 2 is 2.18 bits per heavy atom. The highest BCUT2D eigenvalue weighted by molar-refractivity contribution is 5.80. The van der Waals surface area contributed by atoms with Crippen molar-refractivity contribution in [2.45, 2.75) is 45.2 Å². The van der Waals surface area contributed by atoms with Crippen LogP contribution < -0.4 is 10.5 Å². The van der Waals surface area contributed by atoms with Crippen molar-refractivity contribution in [1.82, 2.24) is 0 Å². The lowest BCUT2D eigenvalue weighted by Crippen LogP contribution is -3.15. The van der Waals surface area contributed by atoms with Crippen molar-refractivity contribution >= 4 is 11.0 Å². The molecule has 4 nitrogen and oxygen atoms in total. The topological polar surface area (TPSA) is 54.9 Å². The predicted molar refractivity (Wildman–Crippen MR) is 86.1 cm³/mol. The van der Waals surface area contributed by atoms with E-state index in [2.05, 4.69) is 6.07 Å². The van der Waals surface area contributed by atoms with Gasteiger partial charge < -0.3 is 14.4 Å². The van der Waals surface area contributed by atoms with Crippen LogP contribution in [-0.2, 0) is 6.54 Å². The molecular formula is C18H24NO3+. The minimum absolute atomic E-state index is 0.241. The van der Waals surface area contributed by atoms with Gasteiger partial charge in [0, 0.05) is 30.0 Å². The zero-order valence-corrected chi connectivity index (χ0v) is 13.1. The molecule has 4 heteroatoms. The van der Waals surface area contributed by atoms with Gasteiger partial charge in [0.05, 0.1) is 12.6 Å². The van der Waals surface area contributed by atoms with Crippen LogP contribution in [0.4, 0.5) is 0 Å². The molecule has 1 aromatic carbocycles. The van der Waals surface area contributed by atoms with Crippen molar-refractivity contribution < 1.29 is 14.4 Å². The molecule has 1 aliphatic rings. The van der Waals surface area contributed by atoms with E-state index in [1.165, 1.54) is 17.7 Å². The lowest BCUT2D eigenvalue weighted by molar-refractivity contribution is -0.944. The number of benzene rings is 1. The molecule has 2 aromatic rings. The molecule has 1 saturated heterocycles. The van der Waals surface area contributed by atoms with Crippen LogP contribution in [0, 0.1) is 6.92 Å². The molecule has 2 heterocycles. The standard InChI is InChI=1S/C18H23NO3/c1-13-5-6-16-14(11-18(21)22-17(16)10-13)12-19-8-3-2-4-15(19)7-9-20/h5-6,10-11,15,20H,2-4,7-9,12H2,1H3/p+1/t15-/m1/s1. The Morgan fingerprint density at radius 3 is 3.00 bits per heavy atom. The molecular weight excluding hydrogens is 278 g/mol. The zero-order chi connectivity index (χ0) is 15.5. The number of nitrogens with one attached hydrogen (secondary N) is 1. The van der Waals surface area contributed by atoms with Crippen LogP contribution in [0.25, 0.3) is 11.0 Å². The maximum absolute atomic E-state index is 11.8. The van der Waals surface area contributed by atoms with Crippen LogP contribution >= 0.6 is 0 Å². The Kier molecular flexibility index (Phi) is 4.60. The molecule has 0 spiro atoms. The minimum atomic E-state index is -0.275. The van der Waals surface area contributed by atoms with E-state index in [0.29, 0.717) is 11.6 Å². The fraction of sp³-hybridized carbons (Fsp3) is 0.500. The number of aliphatic hydroxyl groups is 1. The molecule has 1 fully saturated rings. The zero-order valence-electron chi connectivity index (χ0n) is 13.1. The first-order valence-electron chi connectivity index (χ1n) is 8.16. The third kappa shape index (κ3) is 3.23. The Balaban J connectivity index is 1.93. The lowest BCUT2D eigenvalue weighted by Gasteiger charge is -2.32. The average molecular weight is 302 g/mol. The SMILES string of the molecule is Cc1ccc2c(C[NH+]3CCCC[C@@H]3CCO)cc(=O)oc2c1. The molecule has 1 unspecified atom stereocenters. The van der Waals surface area contributed by atoms with Gasteiger partial charge in [-0.2, -0.15) is 0 Å². The molecule has 0 amide bonds. The summed E-state index contributed by atoms with van der Waals surface area (Å²) in [5.41, 5.74) is 2.56. The van der Waals surface area contributed by atoms with E-state index >= 15 is 0 Å². The van der Waals surface area contributed by atoms with Crippen molar-refractivity contribution in [3.05, 3.63) is 45.8 Å². The Labute approximate surface area is 130 Å². The second-order valence-electron chi connectivity index (χ2n) is 6.38. The molecule has 3 rings (SSSR count). The smallest absolute Gasteiger partial charge is 0.336 e. The van der Waals surface area contributed by atoms with E-state index in [-0.39, 0.29) is 12.2 Å². The largest absolute Gasteiger partial charge is 0.423 e. The number of rotatable bonds is 4. The third-order valence-electron chi connectivity index (χ3n) is 4.76. The van der Waals surface area contributed by atoms with Crippen molar-refractivity contribution in [1.29, 1.82) is 0 Å². The van der Waals surface area contributed by atoms with Gasteiger partial charge in [-0.15, -0.1) is 0 Å². The van der Waals surface area contributed by atoms with E-state index in [4.69, 9.17) is 4.42 Å². The molecule has 0 radical (unpaired) electrons. The molecule has 0 aliphatic carbocycles. The van der Waals surface area contributed by atoms with E-state index in [1.54, 1.807) is 6.07 Å². The second kappa shape index (κ2) is 6.63. The summed E-state index contributed by atoms with van der Waals surface area (Å²) in [6, 6.07) is 8.16. The molecule has 1 aliphatic heterocycles. The number of piperidine rings is 1. The van der Waals surface area contributed by atoms with Gasteiger partial charge in [0.2, 0.25) is 0 Å². The van der Waals surface area contributed by atoms with Crippen molar-refractivity contribution in [2.24, 2.45) is 0 Å². The third-order valence-corrected chi connectivity index (χ3v) is 4.76. The van der Waals surface area contributed by atoms with Gasteiger partial charge in [-0.1, -0.05) is 12.1 Å². The monoisotopic (exact) mass is 302 g/mol. The predicted octanol–water partition coefficient (Wildman–Crippen LogP) is 1.42.